The average Bonchev–Trinajstić information content (AvgIpc) is 1.83. The van der Waals surface area contributed by atoms with E-state index in [2.05, 4.69) is 4.99 Å². The van der Waals surface area contributed by atoms with E-state index in [4.69, 9.17) is 4.43 Å². The molecule has 0 saturated heterocycles. The van der Waals surface area contributed by atoms with Crippen LogP contribution in [0.25, 0.3) is 0 Å². The molecule has 0 saturated carbocycles. The molecule has 1 atom stereocenters. The van der Waals surface area contributed by atoms with Crippen molar-refractivity contribution in [3.63, 3.8) is 0 Å². The van der Waals surface area contributed by atoms with Crippen LogP contribution in [0.4, 0.5) is 0 Å². The fraction of sp³-hybridized carbons (Fsp3) is 0.750. The first-order valence-corrected chi connectivity index (χ1v) is 3.19. The van der Waals surface area contributed by atoms with E-state index in [1.807, 2.05) is 6.92 Å². The third kappa shape index (κ3) is 3.74. The zero-order valence-corrected chi connectivity index (χ0v) is 7.05. The van der Waals surface area contributed by atoms with Crippen LogP contribution in [0.2, 0.25) is 0 Å². The first-order chi connectivity index (χ1) is 3.81. The largest absolute Gasteiger partial charge is 0.423 e. The molecule has 0 N–H and O–H groups in total. The van der Waals surface area contributed by atoms with Gasteiger partial charge >= 0.3 is 0 Å². The minimum Gasteiger partial charge on any atom is -0.423 e. The minimum atomic E-state index is 0.0862. The molecule has 0 aliphatic carbocycles. The molecule has 0 aliphatic heterocycles. The van der Waals surface area contributed by atoms with Crippen LogP contribution in [0.3, 0.4) is 0 Å². The van der Waals surface area contributed by atoms with Gasteiger partial charge in [-0.3, -0.25) is 0 Å². The third-order valence-corrected chi connectivity index (χ3v) is 1.62. The Hall–Kier alpha value is -0.443. The Balaban J connectivity index is 3.23. The lowest BCUT2D eigenvalue weighted by atomic mass is 10.4. The molecule has 4 heteroatoms. The molecule has 0 rings (SSSR count). The van der Waals surface area contributed by atoms with Crippen LogP contribution < -0.4 is 0 Å². The van der Waals surface area contributed by atoms with Gasteiger partial charge in [-0.25, -0.2) is 9.79 Å². The molecule has 0 heterocycles. The molecule has 0 aliphatic rings. The highest BCUT2D eigenvalue weighted by Gasteiger charge is 1.92. The summed E-state index contributed by atoms with van der Waals surface area (Å²) < 4.78 is 4.92. The highest BCUT2D eigenvalue weighted by molar-refractivity contribution is 5.98. The van der Waals surface area contributed by atoms with Gasteiger partial charge in [0, 0.05) is 0 Å². The van der Waals surface area contributed by atoms with Gasteiger partial charge in [-0.1, -0.05) is 0 Å². The molecule has 0 aromatic rings. The van der Waals surface area contributed by atoms with Crippen molar-refractivity contribution in [1.29, 1.82) is 0 Å². The minimum absolute atomic E-state index is 0.0862. The van der Waals surface area contributed by atoms with Gasteiger partial charge in [0.1, 0.15) is 10.5 Å². The van der Waals surface area contributed by atoms with E-state index in [1.54, 1.807) is 0 Å². The van der Waals surface area contributed by atoms with Gasteiger partial charge in [0.2, 0.25) is 6.08 Å². The quantitative estimate of drug-likeness (QED) is 0.280. The van der Waals surface area contributed by atoms with Crippen molar-refractivity contribution in [3.8, 4) is 0 Å². The molecular weight excluding hydrogens is 122 g/mol. The topological polar surface area (TPSA) is 38.7 Å². The van der Waals surface area contributed by atoms with Crippen molar-refractivity contribution in [2.24, 2.45) is 4.99 Å². The summed E-state index contributed by atoms with van der Waals surface area (Å²) in [4.78, 5) is 12.8. The standard InChI is InChI=1S/C4H9NO2Si/c1-4(7-8)2-5-3-6/h4H,2H2,1,8H3. The van der Waals surface area contributed by atoms with Gasteiger partial charge < -0.3 is 4.43 Å². The van der Waals surface area contributed by atoms with E-state index < -0.39 is 0 Å². The molecule has 1 unspecified atom stereocenters. The zero-order chi connectivity index (χ0) is 6.41. The Morgan fingerprint density at radius 2 is 2.62 bits per heavy atom. The maximum Gasteiger partial charge on any atom is 0.235 e. The third-order valence-electron chi connectivity index (χ3n) is 0.815. The Kier molecular flexibility index (Phi) is 4.45. The van der Waals surface area contributed by atoms with E-state index >= 15 is 0 Å². The second-order valence-electron chi connectivity index (χ2n) is 1.48. The van der Waals surface area contributed by atoms with Crippen molar-refractivity contribution in [3.05, 3.63) is 0 Å². The number of carbonyl (C=O) groups excluding carboxylic acids is 1. The molecule has 0 fully saturated rings. The summed E-state index contributed by atoms with van der Waals surface area (Å²) in [6.07, 6.45) is 1.53. The van der Waals surface area contributed by atoms with Crippen LogP contribution in [0.15, 0.2) is 4.99 Å². The number of rotatable bonds is 3. The lowest BCUT2D eigenvalue weighted by molar-refractivity contribution is 0.253. The fourth-order valence-electron chi connectivity index (χ4n) is 0.240. The summed E-state index contributed by atoms with van der Waals surface area (Å²) in [6.45, 7) is 2.31. The van der Waals surface area contributed by atoms with Crippen LogP contribution in [0.1, 0.15) is 6.92 Å². The summed E-state index contributed by atoms with van der Waals surface area (Å²) in [5, 5.41) is 0. The summed E-state index contributed by atoms with van der Waals surface area (Å²) in [6, 6.07) is 0. The second kappa shape index (κ2) is 4.71. The zero-order valence-electron chi connectivity index (χ0n) is 5.05. The van der Waals surface area contributed by atoms with Crippen LogP contribution in [-0.4, -0.2) is 29.2 Å². The van der Waals surface area contributed by atoms with E-state index in [-0.39, 0.29) is 6.10 Å². The molecule has 0 bridgehead atoms. The van der Waals surface area contributed by atoms with Gasteiger partial charge in [0.25, 0.3) is 0 Å². The van der Waals surface area contributed by atoms with E-state index in [0.29, 0.717) is 17.0 Å². The smallest absolute Gasteiger partial charge is 0.235 e. The Morgan fingerprint density at radius 1 is 2.00 bits per heavy atom. The Labute approximate surface area is 51.3 Å². The highest BCUT2D eigenvalue weighted by Crippen LogP contribution is 1.84. The second-order valence-corrected chi connectivity index (χ2v) is 1.95. The molecule has 3 nitrogen and oxygen atoms in total. The van der Waals surface area contributed by atoms with Crippen molar-refractivity contribution >= 4 is 16.6 Å². The molecule has 46 valence electrons. The summed E-state index contributed by atoms with van der Waals surface area (Å²) in [5.74, 6) is 0. The molecule has 0 aromatic heterocycles. The molecule has 0 spiro atoms. The Bertz CT molecular complexity index is 100. The fourth-order valence-corrected chi connectivity index (χ4v) is 0.389. The van der Waals surface area contributed by atoms with E-state index in [0.717, 1.165) is 0 Å². The average molecular weight is 131 g/mol. The van der Waals surface area contributed by atoms with Gasteiger partial charge in [-0.05, 0) is 6.92 Å². The predicted octanol–water partition coefficient (Wildman–Crippen LogP) is -0.992. The van der Waals surface area contributed by atoms with Gasteiger partial charge in [0.05, 0.1) is 12.6 Å². The van der Waals surface area contributed by atoms with Gasteiger partial charge in [-0.15, -0.1) is 0 Å². The maximum atomic E-state index is 9.49. The number of hydrogen-bond donors (Lipinski definition) is 0. The lowest BCUT2D eigenvalue weighted by Crippen LogP contribution is -2.08. The number of aliphatic imine (C=N–C) groups is 1. The van der Waals surface area contributed by atoms with Crippen LogP contribution >= 0.6 is 0 Å². The van der Waals surface area contributed by atoms with Crippen LogP contribution in [0, 0.1) is 0 Å². The molecular formula is C4H9NO2Si. The molecule has 0 amide bonds. The first kappa shape index (κ1) is 7.56. The van der Waals surface area contributed by atoms with E-state index in [1.165, 1.54) is 6.08 Å². The van der Waals surface area contributed by atoms with Crippen molar-refractivity contribution in [2.75, 3.05) is 6.54 Å². The summed E-state index contributed by atoms with van der Waals surface area (Å²) in [5.41, 5.74) is 0. The number of hydrogen-bond acceptors (Lipinski definition) is 3. The Morgan fingerprint density at radius 3 is 3.00 bits per heavy atom. The predicted molar refractivity (Wildman–Crippen MR) is 33.5 cm³/mol. The van der Waals surface area contributed by atoms with Crippen LogP contribution in [0.5, 0.6) is 0 Å². The summed E-state index contributed by atoms with van der Waals surface area (Å²) in [7, 11) is 0.700. The van der Waals surface area contributed by atoms with E-state index in [9.17, 15) is 4.79 Å². The van der Waals surface area contributed by atoms with Crippen molar-refractivity contribution < 1.29 is 9.22 Å². The number of isocyanates is 1. The van der Waals surface area contributed by atoms with Crippen molar-refractivity contribution in [2.45, 2.75) is 13.0 Å². The van der Waals surface area contributed by atoms with Crippen LogP contribution in [-0.2, 0) is 9.22 Å². The summed E-state index contributed by atoms with van der Waals surface area (Å²) >= 11 is 0. The molecule has 0 radical (unpaired) electrons. The monoisotopic (exact) mass is 131 g/mol. The molecule has 0 aromatic carbocycles. The normalized spacial score (nSPS) is 12.6. The highest BCUT2D eigenvalue weighted by atomic mass is 28.2. The maximum absolute atomic E-state index is 9.49. The first-order valence-electron chi connectivity index (χ1n) is 2.37. The lowest BCUT2D eigenvalue weighted by Gasteiger charge is -2.02. The van der Waals surface area contributed by atoms with Gasteiger partial charge in [-0.2, -0.15) is 0 Å². The SMILES string of the molecule is CC(CN=C=O)O[SiH3]. The molecule has 8 heavy (non-hydrogen) atoms. The van der Waals surface area contributed by atoms with Gasteiger partial charge in [0.15, 0.2) is 0 Å². The van der Waals surface area contributed by atoms with Crippen molar-refractivity contribution in [1.82, 2.24) is 0 Å². The number of nitrogens with zero attached hydrogens (tertiary/aromatic N) is 1.